The number of anilines is 1. The first kappa shape index (κ1) is 16.0. The Balaban J connectivity index is 1.95. The number of aliphatic hydroxyl groups is 1. The summed E-state index contributed by atoms with van der Waals surface area (Å²) in [7, 11) is 1.20. The Bertz CT molecular complexity index is 498. The van der Waals surface area contributed by atoms with Gasteiger partial charge in [0.05, 0.1) is 7.11 Å². The van der Waals surface area contributed by atoms with Crippen molar-refractivity contribution in [3.05, 3.63) is 11.1 Å². The number of nitrogens with zero attached hydrogens (tertiary/aromatic N) is 2. The monoisotopic (exact) mass is 324 g/mol. The van der Waals surface area contributed by atoms with Crippen LogP contribution < -0.4 is 4.90 Å². The van der Waals surface area contributed by atoms with Gasteiger partial charge in [0.1, 0.15) is 0 Å². The zero-order valence-electron chi connectivity index (χ0n) is 11.3. The van der Waals surface area contributed by atoms with Gasteiger partial charge in [-0.2, -0.15) is 13.2 Å². The van der Waals surface area contributed by atoms with Gasteiger partial charge >= 0.3 is 12.1 Å². The van der Waals surface area contributed by atoms with Crippen molar-refractivity contribution in [1.29, 1.82) is 0 Å². The molecule has 0 bridgehead atoms. The highest BCUT2D eigenvalue weighted by Crippen LogP contribution is 2.34. The third-order valence-corrected chi connectivity index (χ3v) is 4.38. The zero-order chi connectivity index (χ0) is 15.6. The Morgan fingerprint density at radius 1 is 1.52 bits per heavy atom. The number of hydrogen-bond donors (Lipinski definition) is 1. The summed E-state index contributed by atoms with van der Waals surface area (Å²) in [4.78, 5) is 16.6. The van der Waals surface area contributed by atoms with E-state index in [9.17, 15) is 23.1 Å². The summed E-state index contributed by atoms with van der Waals surface area (Å²) in [6.45, 7) is 0.896. The van der Waals surface area contributed by atoms with E-state index in [1.165, 1.54) is 7.11 Å². The third-order valence-electron chi connectivity index (χ3n) is 3.48. The molecule has 1 aliphatic rings. The number of ether oxygens (including phenoxy) is 1. The van der Waals surface area contributed by atoms with E-state index in [4.69, 9.17) is 0 Å². The number of aliphatic hydroxyl groups excluding tert-OH is 1. The molecule has 1 fully saturated rings. The largest absolute Gasteiger partial charge is 0.467 e. The molecule has 1 atom stereocenters. The molecule has 1 aliphatic heterocycles. The van der Waals surface area contributed by atoms with Gasteiger partial charge in [0.2, 0.25) is 0 Å². The maximum absolute atomic E-state index is 12.5. The molecular weight excluding hydrogens is 309 g/mol. The van der Waals surface area contributed by atoms with Crippen LogP contribution in [0.5, 0.6) is 0 Å². The number of piperidine rings is 1. The number of esters is 1. The van der Waals surface area contributed by atoms with Crippen molar-refractivity contribution < 1.29 is 27.8 Å². The third kappa shape index (κ3) is 3.65. The van der Waals surface area contributed by atoms with Crippen molar-refractivity contribution in [1.82, 2.24) is 4.98 Å². The molecule has 2 heterocycles. The summed E-state index contributed by atoms with van der Waals surface area (Å²) in [5.74, 6) is -0.919. The van der Waals surface area contributed by atoms with Crippen LogP contribution in [0.2, 0.25) is 0 Å². The van der Waals surface area contributed by atoms with Crippen molar-refractivity contribution in [2.75, 3.05) is 25.1 Å². The van der Waals surface area contributed by atoms with Crippen molar-refractivity contribution >= 4 is 22.4 Å². The molecular formula is C12H15F3N2O3S. The Morgan fingerprint density at radius 2 is 2.14 bits per heavy atom. The Kier molecular flexibility index (Phi) is 4.72. The predicted octanol–water partition coefficient (Wildman–Crippen LogP) is 1.91. The van der Waals surface area contributed by atoms with E-state index in [0.29, 0.717) is 31.1 Å². The number of aromatic nitrogens is 1. The first-order valence-electron chi connectivity index (χ1n) is 6.36. The van der Waals surface area contributed by atoms with Crippen LogP contribution in [0.4, 0.5) is 18.3 Å². The van der Waals surface area contributed by atoms with Gasteiger partial charge in [0.25, 0.3) is 0 Å². The van der Waals surface area contributed by atoms with Crippen LogP contribution in [-0.4, -0.2) is 42.4 Å². The van der Waals surface area contributed by atoms with E-state index in [-0.39, 0.29) is 5.92 Å². The summed E-state index contributed by atoms with van der Waals surface area (Å²) in [6, 6.07) is 0. The normalized spacial score (nSPS) is 18.6. The average Bonchev–Trinajstić information content (AvgIpc) is 2.95. The summed E-state index contributed by atoms with van der Waals surface area (Å²) >= 11 is 0.944. The number of alkyl halides is 3. The van der Waals surface area contributed by atoms with E-state index in [1.54, 1.807) is 4.90 Å². The second kappa shape index (κ2) is 6.18. The average molecular weight is 324 g/mol. The quantitative estimate of drug-likeness (QED) is 0.861. The molecule has 118 valence electrons. The summed E-state index contributed by atoms with van der Waals surface area (Å²) in [5.41, 5.74) is -0.890. The molecule has 2 rings (SSSR count). The molecule has 0 aliphatic carbocycles. The fourth-order valence-electron chi connectivity index (χ4n) is 2.26. The van der Waals surface area contributed by atoms with Crippen molar-refractivity contribution in [2.45, 2.75) is 25.1 Å². The van der Waals surface area contributed by atoms with Crippen LogP contribution >= 0.6 is 11.3 Å². The van der Waals surface area contributed by atoms with Crippen molar-refractivity contribution in [2.24, 2.45) is 5.92 Å². The van der Waals surface area contributed by atoms with Crippen LogP contribution in [0.25, 0.3) is 0 Å². The van der Waals surface area contributed by atoms with E-state index >= 15 is 0 Å². The van der Waals surface area contributed by atoms with E-state index in [0.717, 1.165) is 16.7 Å². The van der Waals surface area contributed by atoms with E-state index < -0.39 is 23.9 Å². The van der Waals surface area contributed by atoms with Gasteiger partial charge in [0.15, 0.2) is 16.9 Å². The molecule has 0 radical (unpaired) electrons. The highest BCUT2D eigenvalue weighted by atomic mass is 32.1. The number of carbonyl (C=O) groups is 1. The summed E-state index contributed by atoms with van der Waals surface area (Å²) in [5, 5.41) is 11.1. The van der Waals surface area contributed by atoms with Crippen LogP contribution in [0.1, 0.15) is 18.5 Å². The molecule has 1 unspecified atom stereocenters. The van der Waals surface area contributed by atoms with Crippen LogP contribution in [0.15, 0.2) is 5.38 Å². The minimum absolute atomic E-state index is 0.240. The second-order valence-corrected chi connectivity index (χ2v) is 5.64. The van der Waals surface area contributed by atoms with Crippen molar-refractivity contribution in [3.8, 4) is 0 Å². The first-order chi connectivity index (χ1) is 9.82. The molecule has 5 nitrogen and oxygen atoms in total. The molecule has 1 aromatic rings. The fraction of sp³-hybridized carbons (Fsp3) is 0.667. The van der Waals surface area contributed by atoms with Crippen LogP contribution in [-0.2, 0) is 15.7 Å². The molecule has 21 heavy (non-hydrogen) atoms. The zero-order valence-corrected chi connectivity index (χ0v) is 12.1. The van der Waals surface area contributed by atoms with E-state index in [1.807, 2.05) is 0 Å². The molecule has 0 amide bonds. The Morgan fingerprint density at radius 3 is 2.62 bits per heavy atom. The highest BCUT2D eigenvalue weighted by molar-refractivity contribution is 7.13. The van der Waals surface area contributed by atoms with Gasteiger partial charge in [0, 0.05) is 18.5 Å². The minimum atomic E-state index is -4.44. The molecule has 9 heteroatoms. The molecule has 0 saturated carbocycles. The minimum Gasteiger partial charge on any atom is -0.467 e. The smallest absolute Gasteiger partial charge is 0.434 e. The second-order valence-electron chi connectivity index (χ2n) is 4.81. The molecule has 0 aromatic carbocycles. The number of thiazole rings is 1. The predicted molar refractivity (Wildman–Crippen MR) is 70.1 cm³/mol. The lowest BCUT2D eigenvalue weighted by Gasteiger charge is -2.33. The van der Waals surface area contributed by atoms with Gasteiger partial charge in [-0.15, -0.1) is 11.3 Å². The maximum atomic E-state index is 12.5. The number of methoxy groups -OCH3 is 1. The maximum Gasteiger partial charge on any atom is 0.434 e. The molecule has 0 spiro atoms. The van der Waals surface area contributed by atoms with Crippen LogP contribution in [0, 0.1) is 5.92 Å². The topological polar surface area (TPSA) is 62.7 Å². The van der Waals surface area contributed by atoms with Gasteiger partial charge in [-0.25, -0.2) is 9.78 Å². The summed E-state index contributed by atoms with van der Waals surface area (Å²) in [6.07, 6.45) is -4.62. The lowest BCUT2D eigenvalue weighted by molar-refractivity contribution is -0.153. The van der Waals surface area contributed by atoms with Gasteiger partial charge in [-0.05, 0) is 18.8 Å². The lowest BCUT2D eigenvalue weighted by atomic mass is 9.91. The Labute approximate surface area is 123 Å². The lowest BCUT2D eigenvalue weighted by Crippen LogP contribution is -2.41. The van der Waals surface area contributed by atoms with Crippen LogP contribution in [0.3, 0.4) is 0 Å². The van der Waals surface area contributed by atoms with Gasteiger partial charge in [-0.1, -0.05) is 0 Å². The first-order valence-corrected chi connectivity index (χ1v) is 7.24. The van der Waals surface area contributed by atoms with Gasteiger partial charge < -0.3 is 14.7 Å². The molecule has 1 N–H and O–H groups in total. The Hall–Kier alpha value is -1.35. The molecule has 1 saturated heterocycles. The summed E-state index contributed by atoms with van der Waals surface area (Å²) < 4.78 is 42.0. The SMILES string of the molecule is COC(=O)C(O)C1CCN(c2nc(C(F)(F)F)cs2)CC1. The van der Waals surface area contributed by atoms with Crippen molar-refractivity contribution in [3.63, 3.8) is 0 Å². The highest BCUT2D eigenvalue weighted by Gasteiger charge is 2.35. The van der Waals surface area contributed by atoms with E-state index in [2.05, 4.69) is 9.72 Å². The number of halogens is 3. The number of hydrogen-bond acceptors (Lipinski definition) is 6. The number of rotatable bonds is 3. The van der Waals surface area contributed by atoms with Gasteiger partial charge in [-0.3, -0.25) is 0 Å². The fourth-order valence-corrected chi connectivity index (χ4v) is 3.15. The number of carbonyl (C=O) groups excluding carboxylic acids is 1. The standard InChI is InChI=1S/C12H15F3N2O3S/c1-20-10(19)9(18)7-2-4-17(5-3-7)11-16-8(6-21-11)12(13,14)15/h6-7,9,18H,2-5H2,1H3. The molecule has 1 aromatic heterocycles.